The molecule has 1 unspecified atom stereocenters. The summed E-state index contributed by atoms with van der Waals surface area (Å²) in [5, 5.41) is 15.0. The topological polar surface area (TPSA) is 64.9 Å². The zero-order chi connectivity index (χ0) is 13.1. The monoisotopic (exact) mass is 257 g/mol. The number of nitriles is 1. The predicted molar refractivity (Wildman–Crippen MR) is 72.9 cm³/mol. The Balaban J connectivity index is 3.69. The first-order chi connectivity index (χ1) is 8.08. The van der Waals surface area contributed by atoms with Gasteiger partial charge in [-0.25, -0.2) is 0 Å². The van der Waals surface area contributed by atoms with Crippen molar-refractivity contribution in [3.63, 3.8) is 0 Å². The van der Waals surface area contributed by atoms with Crippen LogP contribution in [0.25, 0.3) is 0 Å². The number of carbonyl (C=O) groups is 1. The Bertz CT molecular complexity index is 265. The van der Waals surface area contributed by atoms with Gasteiger partial charge in [-0.2, -0.15) is 17.0 Å². The third-order valence-corrected chi connectivity index (χ3v) is 3.32. The molecule has 0 aliphatic carbocycles. The molecule has 0 radical (unpaired) electrons. The Morgan fingerprint density at radius 1 is 1.47 bits per heavy atom. The van der Waals surface area contributed by atoms with Gasteiger partial charge in [-0.1, -0.05) is 13.8 Å². The highest BCUT2D eigenvalue weighted by molar-refractivity contribution is 7.99. The van der Waals surface area contributed by atoms with Gasteiger partial charge in [0.1, 0.15) is 5.54 Å². The lowest BCUT2D eigenvalue weighted by molar-refractivity contribution is -0.118. The second-order valence-electron chi connectivity index (χ2n) is 4.13. The van der Waals surface area contributed by atoms with Crippen LogP contribution in [0, 0.1) is 11.3 Å². The first-order valence-corrected chi connectivity index (χ1v) is 7.24. The van der Waals surface area contributed by atoms with Gasteiger partial charge < -0.3 is 5.32 Å². The van der Waals surface area contributed by atoms with E-state index in [0.717, 1.165) is 31.7 Å². The first-order valence-electron chi connectivity index (χ1n) is 6.08. The Hall–Kier alpha value is -0.730. The van der Waals surface area contributed by atoms with Crippen LogP contribution in [-0.2, 0) is 4.79 Å². The molecule has 0 rings (SSSR count). The third-order valence-electron chi connectivity index (χ3n) is 2.37. The minimum absolute atomic E-state index is 0.0824. The fourth-order valence-electron chi connectivity index (χ4n) is 1.33. The van der Waals surface area contributed by atoms with Gasteiger partial charge in [-0.15, -0.1) is 0 Å². The molecule has 2 N–H and O–H groups in total. The van der Waals surface area contributed by atoms with Gasteiger partial charge in [0.15, 0.2) is 0 Å². The van der Waals surface area contributed by atoms with E-state index in [1.54, 1.807) is 11.8 Å². The summed E-state index contributed by atoms with van der Waals surface area (Å²) in [5.74, 6) is 1.38. The van der Waals surface area contributed by atoms with Crippen LogP contribution < -0.4 is 10.6 Å². The van der Waals surface area contributed by atoms with Crippen LogP contribution in [0.5, 0.6) is 0 Å². The van der Waals surface area contributed by atoms with E-state index in [4.69, 9.17) is 5.26 Å². The molecule has 0 aliphatic heterocycles. The van der Waals surface area contributed by atoms with E-state index in [9.17, 15) is 4.79 Å². The number of rotatable bonds is 9. The molecule has 1 atom stereocenters. The van der Waals surface area contributed by atoms with Crippen LogP contribution in [0.4, 0.5) is 0 Å². The van der Waals surface area contributed by atoms with E-state index in [1.807, 2.05) is 20.8 Å². The normalized spacial score (nSPS) is 13.8. The number of carbonyl (C=O) groups excluding carboxylic acids is 1. The van der Waals surface area contributed by atoms with E-state index < -0.39 is 5.54 Å². The van der Waals surface area contributed by atoms with Gasteiger partial charge in [0.2, 0.25) is 5.91 Å². The molecule has 0 fully saturated rings. The largest absolute Gasteiger partial charge is 0.355 e. The Labute approximate surface area is 109 Å². The van der Waals surface area contributed by atoms with Crippen molar-refractivity contribution in [2.45, 2.75) is 39.2 Å². The van der Waals surface area contributed by atoms with E-state index in [2.05, 4.69) is 16.7 Å². The molecule has 0 spiro atoms. The quantitative estimate of drug-likeness (QED) is 0.615. The average molecular weight is 257 g/mol. The zero-order valence-corrected chi connectivity index (χ0v) is 11.8. The van der Waals surface area contributed by atoms with Gasteiger partial charge in [0, 0.05) is 6.54 Å². The Morgan fingerprint density at radius 3 is 2.71 bits per heavy atom. The van der Waals surface area contributed by atoms with E-state index in [-0.39, 0.29) is 5.91 Å². The molecule has 0 saturated heterocycles. The molecule has 1 amide bonds. The summed E-state index contributed by atoms with van der Waals surface area (Å²) < 4.78 is 0. The molecule has 4 nitrogen and oxygen atoms in total. The lowest BCUT2D eigenvalue weighted by Crippen LogP contribution is -2.41. The maximum atomic E-state index is 11.3. The van der Waals surface area contributed by atoms with Gasteiger partial charge in [-0.3, -0.25) is 10.1 Å². The molecule has 17 heavy (non-hydrogen) atoms. The van der Waals surface area contributed by atoms with Crippen molar-refractivity contribution >= 4 is 17.7 Å². The number of thioether (sulfide) groups is 1. The summed E-state index contributed by atoms with van der Waals surface area (Å²) >= 11 is 1.58. The minimum Gasteiger partial charge on any atom is -0.355 e. The highest BCUT2D eigenvalue weighted by Gasteiger charge is 2.21. The third kappa shape index (κ3) is 8.06. The van der Waals surface area contributed by atoms with E-state index in [0.29, 0.717) is 5.75 Å². The summed E-state index contributed by atoms with van der Waals surface area (Å²) in [4.78, 5) is 11.3. The maximum absolute atomic E-state index is 11.3. The molecule has 98 valence electrons. The molecule has 0 heterocycles. The van der Waals surface area contributed by atoms with Crippen LogP contribution >= 0.6 is 11.8 Å². The standard InChI is InChI=1S/C12H23N3OS/c1-4-7-14-11(16)9-17-8-6-12(3,10-13)15-5-2/h15H,4-9H2,1-3H3,(H,14,16). The van der Waals surface area contributed by atoms with Crippen molar-refractivity contribution in [3.8, 4) is 6.07 Å². The van der Waals surface area contributed by atoms with Gasteiger partial charge in [-0.05, 0) is 32.1 Å². The molecule has 0 aliphatic rings. The highest BCUT2D eigenvalue weighted by atomic mass is 32.2. The molecular formula is C12H23N3OS. The molecule has 5 heteroatoms. The average Bonchev–Trinajstić information content (AvgIpc) is 2.32. The summed E-state index contributed by atoms with van der Waals surface area (Å²) in [6.07, 6.45) is 1.71. The highest BCUT2D eigenvalue weighted by Crippen LogP contribution is 2.13. The molecule has 0 saturated carbocycles. The van der Waals surface area contributed by atoms with Crippen molar-refractivity contribution in [2.24, 2.45) is 0 Å². The van der Waals surface area contributed by atoms with Crippen LogP contribution in [0.3, 0.4) is 0 Å². The molecule has 0 aromatic heterocycles. The minimum atomic E-state index is -0.471. The number of amides is 1. The number of hydrogen-bond acceptors (Lipinski definition) is 4. The van der Waals surface area contributed by atoms with Gasteiger partial charge >= 0.3 is 0 Å². The first kappa shape index (κ1) is 16.3. The maximum Gasteiger partial charge on any atom is 0.229 e. The van der Waals surface area contributed by atoms with Crippen LogP contribution in [-0.4, -0.2) is 36.0 Å². The summed E-state index contributed by atoms with van der Waals surface area (Å²) in [5.41, 5.74) is -0.471. The fraction of sp³-hybridized carbons (Fsp3) is 0.833. The second kappa shape index (κ2) is 9.32. The lowest BCUT2D eigenvalue weighted by atomic mass is 10.0. The van der Waals surface area contributed by atoms with E-state index >= 15 is 0 Å². The molecule has 0 aromatic carbocycles. The van der Waals surface area contributed by atoms with Crippen LogP contribution in [0.1, 0.15) is 33.6 Å². The lowest BCUT2D eigenvalue weighted by Gasteiger charge is -2.21. The van der Waals surface area contributed by atoms with Crippen LogP contribution in [0.2, 0.25) is 0 Å². The van der Waals surface area contributed by atoms with Gasteiger partial charge in [0.25, 0.3) is 0 Å². The smallest absolute Gasteiger partial charge is 0.229 e. The van der Waals surface area contributed by atoms with Gasteiger partial charge in [0.05, 0.1) is 11.8 Å². The second-order valence-corrected chi connectivity index (χ2v) is 5.23. The van der Waals surface area contributed by atoms with Crippen molar-refractivity contribution in [3.05, 3.63) is 0 Å². The molecule has 0 aromatic rings. The number of hydrogen-bond donors (Lipinski definition) is 2. The molecular weight excluding hydrogens is 234 g/mol. The molecule has 0 bridgehead atoms. The SMILES string of the molecule is CCCNC(=O)CSCCC(C)(C#N)NCC. The van der Waals surface area contributed by atoms with Crippen LogP contribution in [0.15, 0.2) is 0 Å². The van der Waals surface area contributed by atoms with Crippen molar-refractivity contribution in [2.75, 3.05) is 24.6 Å². The summed E-state index contributed by atoms with van der Waals surface area (Å²) in [6, 6.07) is 2.28. The van der Waals surface area contributed by atoms with Crippen molar-refractivity contribution < 1.29 is 4.79 Å². The summed E-state index contributed by atoms with van der Waals surface area (Å²) in [6.45, 7) is 7.44. The number of nitrogens with zero attached hydrogens (tertiary/aromatic N) is 1. The predicted octanol–water partition coefficient (Wildman–Crippen LogP) is 1.53. The zero-order valence-electron chi connectivity index (χ0n) is 11.0. The van der Waals surface area contributed by atoms with Crippen molar-refractivity contribution in [1.82, 2.24) is 10.6 Å². The van der Waals surface area contributed by atoms with E-state index in [1.165, 1.54) is 0 Å². The van der Waals surface area contributed by atoms with Crippen molar-refractivity contribution in [1.29, 1.82) is 5.26 Å². The number of nitrogens with one attached hydrogen (secondary N) is 2. The summed E-state index contributed by atoms with van der Waals surface area (Å²) in [7, 11) is 0. The Kier molecular flexibility index (Phi) is 8.92. The Morgan fingerprint density at radius 2 is 2.18 bits per heavy atom. The fourth-order valence-corrected chi connectivity index (χ4v) is 2.31.